The standard InChI is InChI=1S/C14H20N4OS/c1-15-14-17-12(11-5-8-20-13(11)18-14)16-6-2-7-19-9-10-3-4-10/h5,8,10H,2-4,6-7,9H2,1H3,(H2,15,16,17,18). The van der Waals surface area contributed by atoms with Gasteiger partial charge in [-0.25, -0.2) is 4.98 Å². The van der Waals surface area contributed by atoms with Crippen molar-refractivity contribution < 1.29 is 4.74 Å². The number of ether oxygens (including phenoxy) is 1. The van der Waals surface area contributed by atoms with Crippen molar-refractivity contribution >= 4 is 33.3 Å². The molecule has 1 aliphatic rings. The molecule has 6 heteroatoms. The summed E-state index contributed by atoms with van der Waals surface area (Å²) in [5, 5.41) is 9.52. The predicted molar refractivity (Wildman–Crippen MR) is 83.6 cm³/mol. The molecule has 0 atom stereocenters. The highest BCUT2D eigenvalue weighted by Gasteiger charge is 2.20. The lowest BCUT2D eigenvalue weighted by Gasteiger charge is -2.08. The van der Waals surface area contributed by atoms with Gasteiger partial charge in [-0.1, -0.05) is 0 Å². The lowest BCUT2D eigenvalue weighted by Crippen LogP contribution is -2.09. The molecule has 1 aliphatic carbocycles. The maximum Gasteiger partial charge on any atom is 0.225 e. The molecule has 3 rings (SSSR count). The van der Waals surface area contributed by atoms with Crippen molar-refractivity contribution in [3.63, 3.8) is 0 Å². The van der Waals surface area contributed by atoms with E-state index in [9.17, 15) is 0 Å². The fourth-order valence-corrected chi connectivity index (χ4v) is 2.78. The quantitative estimate of drug-likeness (QED) is 0.733. The van der Waals surface area contributed by atoms with Crippen molar-refractivity contribution in [2.45, 2.75) is 19.3 Å². The largest absolute Gasteiger partial charge is 0.381 e. The van der Waals surface area contributed by atoms with Crippen molar-refractivity contribution in [1.82, 2.24) is 9.97 Å². The number of thiophene rings is 1. The van der Waals surface area contributed by atoms with Crippen molar-refractivity contribution in [2.75, 3.05) is 37.4 Å². The molecule has 0 aromatic carbocycles. The zero-order chi connectivity index (χ0) is 13.8. The van der Waals surface area contributed by atoms with Crippen LogP contribution in [0.25, 0.3) is 10.2 Å². The SMILES string of the molecule is CNc1nc(NCCCOCC2CC2)c2ccsc2n1. The molecule has 0 spiro atoms. The van der Waals surface area contributed by atoms with E-state index in [0.29, 0.717) is 5.95 Å². The molecule has 0 saturated heterocycles. The van der Waals surface area contributed by atoms with Crippen LogP contribution in [-0.4, -0.2) is 36.8 Å². The van der Waals surface area contributed by atoms with Gasteiger partial charge in [0.1, 0.15) is 10.6 Å². The van der Waals surface area contributed by atoms with Crippen LogP contribution >= 0.6 is 11.3 Å². The van der Waals surface area contributed by atoms with E-state index in [0.717, 1.165) is 48.1 Å². The van der Waals surface area contributed by atoms with Crippen LogP contribution in [0.5, 0.6) is 0 Å². The molecule has 1 fully saturated rings. The number of aromatic nitrogens is 2. The average molecular weight is 292 g/mol. The van der Waals surface area contributed by atoms with Gasteiger partial charge < -0.3 is 15.4 Å². The number of rotatable bonds is 8. The van der Waals surface area contributed by atoms with Crippen LogP contribution in [-0.2, 0) is 4.74 Å². The van der Waals surface area contributed by atoms with E-state index in [2.05, 4.69) is 26.7 Å². The fourth-order valence-electron chi connectivity index (χ4n) is 2.02. The van der Waals surface area contributed by atoms with Crippen LogP contribution in [0.2, 0.25) is 0 Å². The van der Waals surface area contributed by atoms with Gasteiger partial charge in [-0.3, -0.25) is 0 Å². The molecule has 2 aromatic heterocycles. The predicted octanol–water partition coefficient (Wildman–Crippen LogP) is 2.96. The first-order valence-electron chi connectivity index (χ1n) is 7.11. The van der Waals surface area contributed by atoms with Crippen molar-refractivity contribution in [1.29, 1.82) is 0 Å². The summed E-state index contributed by atoms with van der Waals surface area (Å²) in [6.07, 6.45) is 3.70. The van der Waals surface area contributed by atoms with Crippen LogP contribution < -0.4 is 10.6 Å². The molecule has 20 heavy (non-hydrogen) atoms. The third-order valence-corrected chi connectivity index (χ3v) is 4.16. The molecular weight excluding hydrogens is 272 g/mol. The van der Waals surface area contributed by atoms with Gasteiger partial charge in [0, 0.05) is 26.8 Å². The molecule has 2 heterocycles. The third-order valence-electron chi connectivity index (χ3n) is 3.36. The van der Waals surface area contributed by atoms with Crippen LogP contribution in [0.15, 0.2) is 11.4 Å². The van der Waals surface area contributed by atoms with Crippen LogP contribution in [0.4, 0.5) is 11.8 Å². The van der Waals surface area contributed by atoms with Crippen LogP contribution in [0, 0.1) is 5.92 Å². The van der Waals surface area contributed by atoms with Crippen molar-refractivity contribution in [3.8, 4) is 0 Å². The van der Waals surface area contributed by atoms with E-state index in [1.807, 2.05) is 12.4 Å². The van der Waals surface area contributed by atoms with Gasteiger partial charge in [-0.2, -0.15) is 4.98 Å². The molecule has 1 saturated carbocycles. The fraction of sp³-hybridized carbons (Fsp3) is 0.571. The molecule has 5 nitrogen and oxygen atoms in total. The molecule has 0 radical (unpaired) electrons. The van der Waals surface area contributed by atoms with Crippen LogP contribution in [0.1, 0.15) is 19.3 Å². The molecule has 2 aromatic rings. The first-order chi connectivity index (χ1) is 9.86. The molecule has 0 bridgehead atoms. The maximum absolute atomic E-state index is 5.63. The van der Waals surface area contributed by atoms with Crippen LogP contribution in [0.3, 0.4) is 0 Å². The number of nitrogens with zero attached hydrogens (tertiary/aromatic N) is 2. The number of nitrogens with one attached hydrogen (secondary N) is 2. The summed E-state index contributed by atoms with van der Waals surface area (Å²) < 4.78 is 5.63. The molecule has 108 valence electrons. The first-order valence-corrected chi connectivity index (χ1v) is 7.99. The molecule has 0 amide bonds. The summed E-state index contributed by atoms with van der Waals surface area (Å²) in [5.41, 5.74) is 0. The van der Waals surface area contributed by atoms with E-state index in [4.69, 9.17) is 4.74 Å². The van der Waals surface area contributed by atoms with Gasteiger partial charge in [0.05, 0.1) is 5.39 Å². The highest BCUT2D eigenvalue weighted by atomic mass is 32.1. The van der Waals surface area contributed by atoms with Crippen molar-refractivity contribution in [2.24, 2.45) is 5.92 Å². The Morgan fingerprint density at radius 3 is 3.10 bits per heavy atom. The van der Waals surface area contributed by atoms with E-state index in [1.165, 1.54) is 12.8 Å². The van der Waals surface area contributed by atoms with E-state index in [1.54, 1.807) is 11.3 Å². The highest BCUT2D eigenvalue weighted by molar-refractivity contribution is 7.16. The number of hydrogen-bond donors (Lipinski definition) is 2. The minimum absolute atomic E-state index is 0.660. The third kappa shape index (κ3) is 3.37. The van der Waals surface area contributed by atoms with E-state index >= 15 is 0 Å². The number of fused-ring (bicyclic) bond motifs is 1. The van der Waals surface area contributed by atoms with Gasteiger partial charge in [0.15, 0.2) is 0 Å². The van der Waals surface area contributed by atoms with Gasteiger partial charge in [-0.15, -0.1) is 11.3 Å². The number of hydrogen-bond acceptors (Lipinski definition) is 6. The second kappa shape index (κ2) is 6.37. The minimum Gasteiger partial charge on any atom is -0.381 e. The molecule has 0 aliphatic heterocycles. The minimum atomic E-state index is 0.660. The lowest BCUT2D eigenvalue weighted by atomic mass is 10.3. The zero-order valence-corrected chi connectivity index (χ0v) is 12.5. The van der Waals surface area contributed by atoms with Gasteiger partial charge >= 0.3 is 0 Å². The second-order valence-corrected chi connectivity index (χ2v) is 5.98. The summed E-state index contributed by atoms with van der Waals surface area (Å²) in [7, 11) is 1.84. The number of anilines is 2. The normalized spacial score (nSPS) is 14.7. The van der Waals surface area contributed by atoms with E-state index < -0.39 is 0 Å². The molecule has 0 unspecified atom stereocenters. The lowest BCUT2D eigenvalue weighted by molar-refractivity contribution is 0.124. The first kappa shape index (κ1) is 13.6. The highest BCUT2D eigenvalue weighted by Crippen LogP contribution is 2.29. The monoisotopic (exact) mass is 292 g/mol. The smallest absolute Gasteiger partial charge is 0.225 e. The summed E-state index contributed by atoms with van der Waals surface area (Å²) in [6, 6.07) is 2.06. The Labute approximate surface area is 122 Å². The topological polar surface area (TPSA) is 59.1 Å². The summed E-state index contributed by atoms with van der Waals surface area (Å²) in [4.78, 5) is 9.92. The Morgan fingerprint density at radius 1 is 1.40 bits per heavy atom. The molecular formula is C14H20N4OS. The second-order valence-electron chi connectivity index (χ2n) is 5.08. The van der Waals surface area contributed by atoms with Crippen molar-refractivity contribution in [3.05, 3.63) is 11.4 Å². The Morgan fingerprint density at radius 2 is 2.30 bits per heavy atom. The summed E-state index contributed by atoms with van der Waals surface area (Å²) in [6.45, 7) is 2.63. The van der Waals surface area contributed by atoms with E-state index in [-0.39, 0.29) is 0 Å². The zero-order valence-electron chi connectivity index (χ0n) is 11.7. The Hall–Kier alpha value is -1.40. The summed E-state index contributed by atoms with van der Waals surface area (Å²) in [5.74, 6) is 2.41. The Kier molecular flexibility index (Phi) is 4.32. The average Bonchev–Trinajstić information content (AvgIpc) is 3.17. The Balaban J connectivity index is 1.51. The van der Waals surface area contributed by atoms with Gasteiger partial charge in [0.2, 0.25) is 5.95 Å². The molecule has 2 N–H and O–H groups in total. The maximum atomic E-state index is 5.63. The summed E-state index contributed by atoms with van der Waals surface area (Å²) >= 11 is 1.63. The van der Waals surface area contributed by atoms with Gasteiger partial charge in [-0.05, 0) is 36.6 Å². The van der Waals surface area contributed by atoms with Gasteiger partial charge in [0.25, 0.3) is 0 Å². The Bertz CT molecular complexity index is 567.